The van der Waals surface area contributed by atoms with Gasteiger partial charge in [0.15, 0.2) is 11.6 Å². The summed E-state index contributed by atoms with van der Waals surface area (Å²) in [6.07, 6.45) is 11.2. The minimum absolute atomic E-state index is 0.0103. The Balaban J connectivity index is 1.35. The molecule has 0 aliphatic carbocycles. The zero-order valence-corrected chi connectivity index (χ0v) is 19.6. The summed E-state index contributed by atoms with van der Waals surface area (Å²) < 4.78 is 11.4. The van der Waals surface area contributed by atoms with Gasteiger partial charge in [0, 0.05) is 50.4 Å². The molecule has 1 saturated heterocycles. The van der Waals surface area contributed by atoms with Crippen LogP contribution in [0.1, 0.15) is 43.0 Å². The molecule has 0 spiro atoms. The van der Waals surface area contributed by atoms with Crippen LogP contribution in [0.2, 0.25) is 0 Å². The van der Waals surface area contributed by atoms with Gasteiger partial charge in [-0.15, -0.1) is 0 Å². The summed E-state index contributed by atoms with van der Waals surface area (Å²) in [5.74, 6) is 1.73. The van der Waals surface area contributed by atoms with Crippen LogP contribution in [-0.4, -0.2) is 78.4 Å². The van der Waals surface area contributed by atoms with Gasteiger partial charge < -0.3 is 19.3 Å². The molecule has 1 aromatic rings. The normalized spacial score (nSPS) is 22.3. The molecule has 4 aliphatic rings. The summed E-state index contributed by atoms with van der Waals surface area (Å²) in [5, 5.41) is 0. The van der Waals surface area contributed by atoms with Crippen molar-refractivity contribution in [1.29, 1.82) is 0 Å². The van der Waals surface area contributed by atoms with Gasteiger partial charge in [0.25, 0.3) is 5.91 Å². The van der Waals surface area contributed by atoms with Crippen LogP contribution in [0.15, 0.2) is 41.3 Å². The van der Waals surface area contributed by atoms with Gasteiger partial charge in [0.2, 0.25) is 5.91 Å². The highest BCUT2D eigenvalue weighted by Crippen LogP contribution is 2.34. The number of carbonyl (C=O) groups is 2. The molecule has 0 radical (unpaired) electrons. The SMILES string of the molecule is CCOCC1CCN=C2C=C(N3CCOc4cc(C(=O)N5CCCCC5)cnc43)C=CN2C1=O. The minimum atomic E-state index is -0.192. The summed E-state index contributed by atoms with van der Waals surface area (Å²) >= 11 is 0. The van der Waals surface area contributed by atoms with Crippen LogP contribution in [0, 0.1) is 5.92 Å². The van der Waals surface area contributed by atoms with Gasteiger partial charge in [-0.3, -0.25) is 19.5 Å². The molecule has 180 valence electrons. The molecule has 9 nitrogen and oxygen atoms in total. The predicted octanol–water partition coefficient (Wildman–Crippen LogP) is 2.60. The van der Waals surface area contributed by atoms with Crippen molar-refractivity contribution in [3.8, 4) is 5.75 Å². The number of anilines is 1. The number of carbonyl (C=O) groups excluding carboxylic acids is 2. The number of amidine groups is 1. The molecule has 1 aromatic heterocycles. The van der Waals surface area contributed by atoms with Gasteiger partial charge in [-0.2, -0.15) is 0 Å². The van der Waals surface area contributed by atoms with Crippen molar-refractivity contribution in [2.45, 2.75) is 32.6 Å². The lowest BCUT2D eigenvalue weighted by Crippen LogP contribution is -2.40. The van der Waals surface area contributed by atoms with E-state index in [4.69, 9.17) is 9.47 Å². The Morgan fingerprint density at radius 3 is 2.91 bits per heavy atom. The zero-order chi connectivity index (χ0) is 23.5. The van der Waals surface area contributed by atoms with Crippen molar-refractivity contribution >= 4 is 23.5 Å². The maximum Gasteiger partial charge on any atom is 0.255 e. The first-order chi connectivity index (χ1) is 16.7. The summed E-state index contributed by atoms with van der Waals surface area (Å²) in [6.45, 7) is 6.19. The van der Waals surface area contributed by atoms with E-state index < -0.39 is 0 Å². The van der Waals surface area contributed by atoms with Gasteiger partial charge in [-0.25, -0.2) is 4.98 Å². The highest BCUT2D eigenvalue weighted by atomic mass is 16.5. The number of pyridine rings is 1. The number of likely N-dealkylation sites (tertiary alicyclic amines) is 1. The number of amides is 2. The van der Waals surface area contributed by atoms with E-state index in [1.165, 1.54) is 6.42 Å². The van der Waals surface area contributed by atoms with Crippen LogP contribution >= 0.6 is 0 Å². The standard InChI is InChI=1S/C25H31N5O4/c1-2-33-17-18-6-8-26-22-15-20(7-11-30(22)25(18)32)29-12-13-34-21-14-19(16-27-23(21)29)24(31)28-9-4-3-5-10-28/h7,11,14-16,18H,2-6,8-10,12-13,17H2,1H3. The van der Waals surface area contributed by atoms with E-state index in [2.05, 4.69) is 14.9 Å². The highest BCUT2D eigenvalue weighted by Gasteiger charge is 2.32. The molecule has 5 heterocycles. The molecule has 0 aromatic carbocycles. The van der Waals surface area contributed by atoms with E-state index >= 15 is 0 Å². The molecule has 5 rings (SSSR count). The Labute approximate surface area is 199 Å². The Morgan fingerprint density at radius 1 is 1.24 bits per heavy atom. The van der Waals surface area contributed by atoms with Gasteiger partial charge >= 0.3 is 0 Å². The third kappa shape index (κ3) is 4.44. The summed E-state index contributed by atoms with van der Waals surface area (Å²) in [7, 11) is 0. The molecule has 0 saturated carbocycles. The van der Waals surface area contributed by atoms with E-state index in [1.807, 2.05) is 24.0 Å². The van der Waals surface area contributed by atoms with Gasteiger partial charge in [-0.05, 0) is 44.7 Å². The predicted molar refractivity (Wildman–Crippen MR) is 128 cm³/mol. The van der Waals surface area contributed by atoms with Crippen LogP contribution in [0.25, 0.3) is 0 Å². The largest absolute Gasteiger partial charge is 0.488 e. The van der Waals surface area contributed by atoms with E-state index in [-0.39, 0.29) is 17.7 Å². The molecule has 0 bridgehead atoms. The molecule has 0 N–H and O–H groups in total. The van der Waals surface area contributed by atoms with Crippen molar-refractivity contribution in [3.63, 3.8) is 0 Å². The molecule has 4 aliphatic heterocycles. The monoisotopic (exact) mass is 465 g/mol. The molecule has 9 heteroatoms. The van der Waals surface area contributed by atoms with Crippen molar-refractivity contribution in [3.05, 3.63) is 41.9 Å². The molecule has 2 amide bonds. The molecule has 1 atom stereocenters. The zero-order valence-electron chi connectivity index (χ0n) is 19.6. The van der Waals surface area contributed by atoms with Crippen molar-refractivity contribution in [1.82, 2.24) is 14.8 Å². The average molecular weight is 466 g/mol. The number of hydrogen-bond acceptors (Lipinski definition) is 7. The molecule has 34 heavy (non-hydrogen) atoms. The second-order valence-electron chi connectivity index (χ2n) is 8.88. The molecule has 1 unspecified atom stereocenters. The number of rotatable bonds is 5. The molecular weight excluding hydrogens is 434 g/mol. The van der Waals surface area contributed by atoms with E-state index in [1.54, 1.807) is 23.4 Å². The topological polar surface area (TPSA) is 87.6 Å². The van der Waals surface area contributed by atoms with E-state index in [0.29, 0.717) is 62.3 Å². The second kappa shape index (κ2) is 9.97. The average Bonchev–Trinajstić information content (AvgIpc) is 3.04. The van der Waals surface area contributed by atoms with Gasteiger partial charge in [0.05, 0.1) is 24.6 Å². The smallest absolute Gasteiger partial charge is 0.255 e. The van der Waals surface area contributed by atoms with Crippen LogP contribution in [-0.2, 0) is 9.53 Å². The van der Waals surface area contributed by atoms with Gasteiger partial charge in [0.1, 0.15) is 12.4 Å². The number of nitrogens with zero attached hydrogens (tertiary/aromatic N) is 5. The Morgan fingerprint density at radius 2 is 2.09 bits per heavy atom. The Hall–Kier alpha value is -3.20. The number of fused-ring (bicyclic) bond motifs is 2. The Bertz CT molecular complexity index is 1040. The van der Waals surface area contributed by atoms with Crippen LogP contribution in [0.4, 0.5) is 5.82 Å². The van der Waals surface area contributed by atoms with Crippen LogP contribution in [0.3, 0.4) is 0 Å². The summed E-state index contributed by atoms with van der Waals surface area (Å²) in [5.41, 5.74) is 1.44. The fourth-order valence-corrected chi connectivity index (χ4v) is 4.77. The fourth-order valence-electron chi connectivity index (χ4n) is 4.77. The van der Waals surface area contributed by atoms with Crippen molar-refractivity contribution in [2.75, 3.05) is 50.9 Å². The van der Waals surface area contributed by atoms with E-state index in [0.717, 1.165) is 31.6 Å². The maximum atomic E-state index is 13.0. The van der Waals surface area contributed by atoms with Gasteiger partial charge in [-0.1, -0.05) is 0 Å². The number of allylic oxidation sites excluding steroid dienone is 1. The third-order valence-electron chi connectivity index (χ3n) is 6.64. The lowest BCUT2D eigenvalue weighted by atomic mass is 10.1. The number of aromatic nitrogens is 1. The number of hydrogen-bond donors (Lipinski definition) is 0. The first-order valence-electron chi connectivity index (χ1n) is 12.2. The van der Waals surface area contributed by atoms with Crippen molar-refractivity contribution in [2.24, 2.45) is 10.9 Å². The Kier molecular flexibility index (Phi) is 6.62. The lowest BCUT2D eigenvalue weighted by molar-refractivity contribution is -0.131. The summed E-state index contributed by atoms with van der Waals surface area (Å²) in [4.78, 5) is 40.8. The molecular formula is C25H31N5O4. The lowest BCUT2D eigenvalue weighted by Gasteiger charge is -2.33. The third-order valence-corrected chi connectivity index (χ3v) is 6.64. The quantitative estimate of drug-likeness (QED) is 0.664. The maximum absolute atomic E-state index is 13.0. The van der Waals surface area contributed by atoms with E-state index in [9.17, 15) is 9.59 Å². The first kappa shape index (κ1) is 22.6. The van der Waals surface area contributed by atoms with Crippen molar-refractivity contribution < 1.29 is 19.1 Å². The number of piperidine rings is 1. The van der Waals surface area contributed by atoms with Crippen LogP contribution < -0.4 is 9.64 Å². The molecule has 1 fully saturated rings. The first-order valence-corrected chi connectivity index (χ1v) is 12.2. The number of aliphatic imine (C=N–C) groups is 1. The summed E-state index contributed by atoms with van der Waals surface area (Å²) in [6, 6.07) is 1.80. The van der Waals surface area contributed by atoms with Crippen LogP contribution in [0.5, 0.6) is 5.75 Å². The highest BCUT2D eigenvalue weighted by molar-refractivity contribution is 6.08. The number of ether oxygens (including phenoxy) is 2. The minimum Gasteiger partial charge on any atom is -0.488 e. The second-order valence-corrected chi connectivity index (χ2v) is 8.88. The fraction of sp³-hybridized carbons (Fsp3) is 0.520.